The summed E-state index contributed by atoms with van der Waals surface area (Å²) in [4.78, 5) is 25.1. The molecule has 2 aromatic carbocycles. The van der Waals surface area contributed by atoms with Gasteiger partial charge in [-0.15, -0.1) is 0 Å². The molecule has 1 saturated heterocycles. The van der Waals surface area contributed by atoms with Gasteiger partial charge in [-0.25, -0.2) is 13.2 Å². The van der Waals surface area contributed by atoms with E-state index in [0.717, 1.165) is 23.1 Å². The highest BCUT2D eigenvalue weighted by atomic mass is 19.3. The van der Waals surface area contributed by atoms with Crippen LogP contribution in [0.4, 0.5) is 27.6 Å². The number of likely N-dealkylation sites (tertiary alicyclic amines) is 1. The number of benzene rings is 2. The second-order valence-corrected chi connectivity index (χ2v) is 6.55. The molecule has 2 aromatic rings. The minimum atomic E-state index is -4.27. The third kappa shape index (κ3) is 4.21. The number of nitrogens with zero attached hydrogens (tertiary/aromatic N) is 1. The standard InChI is InChI=1S/C19H15F5N2O3/c20-14-3-1-10(17(28)25-11-2-4-15(21)16(22)8-11)7-13(14)19(23,24)18(29)26-6-5-12(27)9-26/h1-4,7-8,12,27H,5-6,9H2,(H,25,28). The molecule has 0 aliphatic carbocycles. The van der Waals surface area contributed by atoms with Crippen molar-refractivity contribution in [1.29, 1.82) is 0 Å². The number of aliphatic hydroxyl groups excluding tert-OH is 1. The lowest BCUT2D eigenvalue weighted by molar-refractivity contribution is -0.158. The summed E-state index contributed by atoms with van der Waals surface area (Å²) in [6.07, 6.45) is -0.811. The fourth-order valence-corrected chi connectivity index (χ4v) is 2.92. The first-order valence-corrected chi connectivity index (χ1v) is 8.51. The van der Waals surface area contributed by atoms with Gasteiger partial charge >= 0.3 is 5.92 Å². The Hall–Kier alpha value is -3.01. The number of amides is 2. The minimum Gasteiger partial charge on any atom is -0.391 e. The third-order valence-corrected chi connectivity index (χ3v) is 4.46. The summed E-state index contributed by atoms with van der Waals surface area (Å²) in [6, 6.07) is 4.54. The van der Waals surface area contributed by atoms with Gasteiger partial charge in [0.1, 0.15) is 5.82 Å². The number of hydrogen-bond donors (Lipinski definition) is 2. The van der Waals surface area contributed by atoms with Crippen LogP contribution in [0.25, 0.3) is 0 Å². The molecule has 0 aromatic heterocycles. The summed E-state index contributed by atoms with van der Waals surface area (Å²) in [5.74, 6) is -10.7. The molecule has 1 aliphatic rings. The monoisotopic (exact) mass is 414 g/mol. The zero-order valence-corrected chi connectivity index (χ0v) is 14.8. The van der Waals surface area contributed by atoms with E-state index in [1.54, 1.807) is 0 Å². The molecule has 1 heterocycles. The first-order valence-electron chi connectivity index (χ1n) is 8.51. The van der Waals surface area contributed by atoms with Gasteiger partial charge in [-0.2, -0.15) is 8.78 Å². The van der Waals surface area contributed by atoms with Crippen molar-refractivity contribution >= 4 is 17.5 Å². The molecular formula is C19H15F5N2O3. The van der Waals surface area contributed by atoms with Crippen LogP contribution in [0.3, 0.4) is 0 Å². The molecule has 1 unspecified atom stereocenters. The number of nitrogens with one attached hydrogen (secondary N) is 1. The van der Waals surface area contributed by atoms with Crippen LogP contribution >= 0.6 is 0 Å². The number of rotatable bonds is 4. The van der Waals surface area contributed by atoms with E-state index in [1.165, 1.54) is 0 Å². The third-order valence-electron chi connectivity index (χ3n) is 4.46. The molecule has 5 nitrogen and oxygen atoms in total. The molecule has 3 rings (SSSR count). The van der Waals surface area contributed by atoms with Gasteiger partial charge in [0.05, 0.1) is 11.7 Å². The number of alkyl halides is 2. The zero-order valence-electron chi connectivity index (χ0n) is 14.8. The van der Waals surface area contributed by atoms with Gasteiger partial charge in [0, 0.05) is 30.4 Å². The van der Waals surface area contributed by atoms with E-state index in [2.05, 4.69) is 5.32 Å². The van der Waals surface area contributed by atoms with Crippen molar-refractivity contribution in [3.05, 3.63) is 65.0 Å². The normalized spacial score (nSPS) is 16.8. The highest BCUT2D eigenvalue weighted by Crippen LogP contribution is 2.34. The van der Waals surface area contributed by atoms with Gasteiger partial charge in [0.2, 0.25) is 0 Å². The van der Waals surface area contributed by atoms with Crippen LogP contribution in [0.5, 0.6) is 0 Å². The highest BCUT2D eigenvalue weighted by Gasteiger charge is 2.47. The van der Waals surface area contributed by atoms with Crippen LogP contribution in [0.2, 0.25) is 0 Å². The number of anilines is 1. The lowest BCUT2D eigenvalue weighted by atomic mass is 10.0. The van der Waals surface area contributed by atoms with Gasteiger partial charge in [0.15, 0.2) is 11.6 Å². The molecule has 10 heteroatoms. The van der Waals surface area contributed by atoms with Crippen molar-refractivity contribution < 1.29 is 36.6 Å². The first kappa shape index (κ1) is 20.7. The molecule has 0 spiro atoms. The van der Waals surface area contributed by atoms with Crippen molar-refractivity contribution in [2.75, 3.05) is 18.4 Å². The fourth-order valence-electron chi connectivity index (χ4n) is 2.92. The number of carbonyl (C=O) groups is 2. The number of carbonyl (C=O) groups excluding carboxylic acids is 2. The molecule has 2 N–H and O–H groups in total. The number of hydrogen-bond acceptors (Lipinski definition) is 3. The van der Waals surface area contributed by atoms with Gasteiger partial charge in [-0.05, 0) is 36.8 Å². The Morgan fingerprint density at radius 1 is 1.03 bits per heavy atom. The summed E-state index contributed by atoms with van der Waals surface area (Å²) >= 11 is 0. The van der Waals surface area contributed by atoms with Crippen molar-refractivity contribution in [2.24, 2.45) is 0 Å². The van der Waals surface area contributed by atoms with Crippen LogP contribution in [0.15, 0.2) is 36.4 Å². The van der Waals surface area contributed by atoms with Crippen molar-refractivity contribution in [1.82, 2.24) is 4.90 Å². The average Bonchev–Trinajstić information content (AvgIpc) is 3.10. The lowest BCUT2D eigenvalue weighted by Gasteiger charge is -2.23. The largest absolute Gasteiger partial charge is 0.391 e. The molecule has 1 fully saturated rings. The Balaban J connectivity index is 1.85. The molecular weight excluding hydrogens is 399 g/mol. The van der Waals surface area contributed by atoms with Gasteiger partial charge < -0.3 is 15.3 Å². The summed E-state index contributed by atoms with van der Waals surface area (Å²) in [6.45, 7) is -0.403. The molecule has 0 saturated carbocycles. The Morgan fingerprint density at radius 2 is 1.72 bits per heavy atom. The van der Waals surface area contributed by atoms with E-state index >= 15 is 0 Å². The summed E-state index contributed by atoms with van der Waals surface area (Å²) in [7, 11) is 0. The van der Waals surface area contributed by atoms with Crippen LogP contribution in [-0.2, 0) is 10.7 Å². The molecule has 1 atom stereocenters. The predicted molar refractivity (Wildman–Crippen MR) is 91.8 cm³/mol. The first-order chi connectivity index (χ1) is 13.6. The van der Waals surface area contributed by atoms with Crippen molar-refractivity contribution in [3.63, 3.8) is 0 Å². The van der Waals surface area contributed by atoms with Crippen molar-refractivity contribution in [3.8, 4) is 0 Å². The van der Waals surface area contributed by atoms with Gasteiger partial charge in [0.25, 0.3) is 11.8 Å². The molecule has 29 heavy (non-hydrogen) atoms. The number of halogens is 5. The van der Waals surface area contributed by atoms with Crippen LogP contribution in [0, 0.1) is 17.5 Å². The van der Waals surface area contributed by atoms with Crippen LogP contribution in [-0.4, -0.2) is 41.0 Å². The maximum atomic E-state index is 14.6. The molecule has 0 bridgehead atoms. The summed E-state index contributed by atoms with van der Waals surface area (Å²) in [5.41, 5.74) is -1.87. The SMILES string of the molecule is O=C(Nc1ccc(F)c(F)c1)c1ccc(F)c(C(F)(F)C(=O)N2CCC(O)C2)c1. The number of β-amino-alcohol motifs (C(OH)–C–C–N with tert-alkyl or cyclic N) is 1. The average molecular weight is 414 g/mol. The smallest absolute Gasteiger partial charge is 0.352 e. The Kier molecular flexibility index (Phi) is 5.56. The van der Waals surface area contributed by atoms with E-state index < -0.39 is 52.4 Å². The molecule has 154 valence electrons. The molecule has 1 aliphatic heterocycles. The maximum absolute atomic E-state index is 14.6. The molecule has 0 radical (unpaired) electrons. The molecule has 2 amide bonds. The Bertz CT molecular complexity index is 967. The van der Waals surface area contributed by atoms with E-state index in [4.69, 9.17) is 0 Å². The Morgan fingerprint density at radius 3 is 2.34 bits per heavy atom. The summed E-state index contributed by atoms with van der Waals surface area (Å²) < 4.78 is 69.5. The minimum absolute atomic E-state index is 0.104. The van der Waals surface area contributed by atoms with E-state index in [1.807, 2.05) is 0 Å². The Labute approximate surface area is 161 Å². The quantitative estimate of drug-likeness (QED) is 0.756. The second-order valence-electron chi connectivity index (χ2n) is 6.55. The van der Waals surface area contributed by atoms with Gasteiger partial charge in [-0.1, -0.05) is 0 Å². The van der Waals surface area contributed by atoms with Crippen LogP contribution in [0.1, 0.15) is 22.3 Å². The van der Waals surface area contributed by atoms with Gasteiger partial charge in [-0.3, -0.25) is 9.59 Å². The van der Waals surface area contributed by atoms with E-state index in [-0.39, 0.29) is 25.2 Å². The lowest BCUT2D eigenvalue weighted by Crippen LogP contribution is -2.41. The number of aliphatic hydroxyl groups is 1. The summed E-state index contributed by atoms with van der Waals surface area (Å²) in [5, 5.41) is 11.6. The van der Waals surface area contributed by atoms with E-state index in [9.17, 15) is 36.6 Å². The topological polar surface area (TPSA) is 69.6 Å². The van der Waals surface area contributed by atoms with E-state index in [0.29, 0.717) is 18.2 Å². The zero-order chi connectivity index (χ0) is 21.3. The fraction of sp³-hybridized carbons (Fsp3) is 0.263. The van der Waals surface area contributed by atoms with Crippen LogP contribution < -0.4 is 5.32 Å². The van der Waals surface area contributed by atoms with Crippen molar-refractivity contribution in [2.45, 2.75) is 18.4 Å². The second kappa shape index (κ2) is 7.78. The maximum Gasteiger partial charge on any atom is 0.352 e. The highest BCUT2D eigenvalue weighted by molar-refractivity contribution is 6.04. The predicted octanol–water partition coefficient (Wildman–Crippen LogP) is 3.04.